The van der Waals surface area contributed by atoms with Crippen LogP contribution in [-0.4, -0.2) is 36.4 Å². The number of benzene rings is 1. The Labute approximate surface area is 134 Å². The van der Waals surface area contributed by atoms with E-state index in [9.17, 15) is 0 Å². The molecule has 3 aromatic rings. The molecule has 1 aliphatic heterocycles. The highest BCUT2D eigenvalue weighted by molar-refractivity contribution is 5.55. The lowest BCUT2D eigenvalue weighted by Crippen LogP contribution is -2.36. The quantitative estimate of drug-likeness (QED) is 0.738. The van der Waals surface area contributed by atoms with Crippen LogP contribution in [0.15, 0.2) is 34.7 Å². The number of aryl methyl sites for hydroxylation is 1. The van der Waals surface area contributed by atoms with E-state index < -0.39 is 0 Å². The van der Waals surface area contributed by atoms with Crippen LogP contribution in [0.1, 0.15) is 30.6 Å². The van der Waals surface area contributed by atoms with Crippen molar-refractivity contribution in [1.82, 2.24) is 29.9 Å². The van der Waals surface area contributed by atoms with Gasteiger partial charge in [0.05, 0.1) is 12.6 Å². The number of nitrogens with zero attached hydrogens (tertiary/aromatic N) is 6. The van der Waals surface area contributed by atoms with Gasteiger partial charge in [-0.05, 0) is 6.92 Å². The van der Waals surface area contributed by atoms with Crippen LogP contribution in [0.4, 0.5) is 0 Å². The lowest BCUT2D eigenvalue weighted by Gasteiger charge is -2.30. The molecule has 0 aliphatic carbocycles. The van der Waals surface area contributed by atoms with E-state index >= 15 is 0 Å². The van der Waals surface area contributed by atoms with Gasteiger partial charge in [0, 0.05) is 25.6 Å². The van der Waals surface area contributed by atoms with E-state index in [0.29, 0.717) is 11.8 Å². The molecule has 0 fully saturated rings. The second kappa shape index (κ2) is 5.58. The first kappa shape index (κ1) is 14.1. The van der Waals surface area contributed by atoms with Gasteiger partial charge in [-0.15, -0.1) is 20.4 Å². The maximum atomic E-state index is 5.55. The topological polar surface area (TPSA) is 72.9 Å². The molecule has 0 spiro atoms. The van der Waals surface area contributed by atoms with Gasteiger partial charge in [-0.3, -0.25) is 4.90 Å². The van der Waals surface area contributed by atoms with Crippen molar-refractivity contribution >= 4 is 0 Å². The third-order valence-corrected chi connectivity index (χ3v) is 4.26. The fraction of sp³-hybridized carbons (Fsp3) is 0.375. The van der Waals surface area contributed by atoms with Gasteiger partial charge >= 0.3 is 0 Å². The molecule has 0 bridgehead atoms. The summed E-state index contributed by atoms with van der Waals surface area (Å²) in [6, 6.07) is 10.2. The highest BCUT2D eigenvalue weighted by Gasteiger charge is 2.27. The highest BCUT2D eigenvalue weighted by Crippen LogP contribution is 2.26. The third kappa shape index (κ3) is 2.53. The van der Waals surface area contributed by atoms with Crippen molar-refractivity contribution in [2.24, 2.45) is 0 Å². The normalized spacial score (nSPS) is 16.3. The molecule has 23 heavy (non-hydrogen) atoms. The fourth-order valence-corrected chi connectivity index (χ4v) is 2.94. The summed E-state index contributed by atoms with van der Waals surface area (Å²) in [4.78, 5) is 2.28. The molecule has 1 aromatic carbocycles. The van der Waals surface area contributed by atoms with Crippen molar-refractivity contribution in [2.75, 3.05) is 6.54 Å². The van der Waals surface area contributed by atoms with Crippen LogP contribution in [0.25, 0.3) is 11.4 Å². The van der Waals surface area contributed by atoms with Crippen LogP contribution < -0.4 is 0 Å². The molecule has 0 radical (unpaired) electrons. The Morgan fingerprint density at radius 2 is 1.87 bits per heavy atom. The molecule has 3 heterocycles. The third-order valence-electron chi connectivity index (χ3n) is 4.26. The standard InChI is InChI=1S/C16H18N6O/c1-11(16-20-17-12(2)23-16)21-8-9-22-14(10-21)18-19-15(22)13-6-4-3-5-7-13/h3-7,11H,8-10H2,1-2H3/t11-/m0/s1. The highest BCUT2D eigenvalue weighted by atomic mass is 16.4. The molecule has 4 rings (SSSR count). The molecule has 0 amide bonds. The summed E-state index contributed by atoms with van der Waals surface area (Å²) < 4.78 is 7.75. The van der Waals surface area contributed by atoms with Crippen LogP contribution in [0, 0.1) is 6.92 Å². The van der Waals surface area contributed by atoms with E-state index in [0.717, 1.165) is 36.8 Å². The van der Waals surface area contributed by atoms with E-state index in [2.05, 4.69) is 48.9 Å². The average Bonchev–Trinajstić information content (AvgIpc) is 3.20. The monoisotopic (exact) mass is 310 g/mol. The summed E-state index contributed by atoms with van der Waals surface area (Å²) >= 11 is 0. The minimum absolute atomic E-state index is 0.0711. The molecular weight excluding hydrogens is 292 g/mol. The summed E-state index contributed by atoms with van der Waals surface area (Å²) in [7, 11) is 0. The Bertz CT molecular complexity index is 809. The number of hydrogen-bond acceptors (Lipinski definition) is 6. The van der Waals surface area contributed by atoms with Crippen molar-refractivity contribution in [3.8, 4) is 11.4 Å². The molecule has 0 saturated carbocycles. The van der Waals surface area contributed by atoms with Crippen LogP contribution >= 0.6 is 0 Å². The van der Waals surface area contributed by atoms with Crippen LogP contribution in [0.3, 0.4) is 0 Å². The van der Waals surface area contributed by atoms with E-state index in [4.69, 9.17) is 4.42 Å². The van der Waals surface area contributed by atoms with Crippen molar-refractivity contribution in [3.05, 3.63) is 47.9 Å². The summed E-state index contributed by atoms with van der Waals surface area (Å²) in [6.07, 6.45) is 0. The lowest BCUT2D eigenvalue weighted by molar-refractivity contribution is 0.142. The zero-order chi connectivity index (χ0) is 15.8. The smallest absolute Gasteiger partial charge is 0.233 e. The maximum absolute atomic E-state index is 5.55. The summed E-state index contributed by atoms with van der Waals surface area (Å²) in [5.74, 6) is 3.15. The van der Waals surface area contributed by atoms with Gasteiger partial charge < -0.3 is 8.98 Å². The molecule has 7 nitrogen and oxygen atoms in total. The van der Waals surface area contributed by atoms with Gasteiger partial charge in [0.15, 0.2) is 5.82 Å². The van der Waals surface area contributed by atoms with Gasteiger partial charge in [0.25, 0.3) is 0 Å². The Morgan fingerprint density at radius 1 is 1.04 bits per heavy atom. The SMILES string of the molecule is Cc1nnc([C@H](C)N2CCn3c(nnc3-c3ccccc3)C2)o1. The average molecular weight is 310 g/mol. The van der Waals surface area contributed by atoms with Gasteiger partial charge in [-0.1, -0.05) is 30.3 Å². The molecule has 1 aliphatic rings. The van der Waals surface area contributed by atoms with E-state index in [1.54, 1.807) is 0 Å². The van der Waals surface area contributed by atoms with Gasteiger partial charge in [-0.25, -0.2) is 0 Å². The van der Waals surface area contributed by atoms with Crippen molar-refractivity contribution in [2.45, 2.75) is 33.0 Å². The molecule has 118 valence electrons. The summed E-state index contributed by atoms with van der Waals surface area (Å²) in [5, 5.41) is 16.8. The zero-order valence-corrected chi connectivity index (χ0v) is 13.2. The predicted molar refractivity (Wildman–Crippen MR) is 83.3 cm³/mol. The zero-order valence-electron chi connectivity index (χ0n) is 13.2. The van der Waals surface area contributed by atoms with E-state index in [-0.39, 0.29) is 6.04 Å². The first-order chi connectivity index (χ1) is 11.2. The van der Waals surface area contributed by atoms with Gasteiger partial charge in [0.2, 0.25) is 11.8 Å². The minimum Gasteiger partial charge on any atom is -0.424 e. The summed E-state index contributed by atoms with van der Waals surface area (Å²) in [5.41, 5.74) is 1.10. The van der Waals surface area contributed by atoms with E-state index in [1.165, 1.54) is 0 Å². The Kier molecular flexibility index (Phi) is 3.42. The molecule has 7 heteroatoms. The van der Waals surface area contributed by atoms with Crippen molar-refractivity contribution < 1.29 is 4.42 Å². The number of hydrogen-bond donors (Lipinski definition) is 0. The molecule has 0 saturated heterocycles. The van der Waals surface area contributed by atoms with Crippen LogP contribution in [0.5, 0.6) is 0 Å². The predicted octanol–water partition coefficient (Wildman–Crippen LogP) is 2.21. The van der Waals surface area contributed by atoms with Crippen molar-refractivity contribution in [3.63, 3.8) is 0 Å². The second-order valence-corrected chi connectivity index (χ2v) is 5.76. The number of fused-ring (bicyclic) bond motifs is 1. The number of aromatic nitrogens is 5. The van der Waals surface area contributed by atoms with Gasteiger partial charge in [0.1, 0.15) is 5.82 Å². The minimum atomic E-state index is 0.0711. The summed E-state index contributed by atoms with van der Waals surface area (Å²) in [6.45, 7) is 6.36. The Morgan fingerprint density at radius 3 is 2.61 bits per heavy atom. The largest absolute Gasteiger partial charge is 0.424 e. The first-order valence-corrected chi connectivity index (χ1v) is 7.74. The first-order valence-electron chi connectivity index (χ1n) is 7.74. The molecule has 1 atom stereocenters. The number of rotatable bonds is 3. The van der Waals surface area contributed by atoms with Crippen LogP contribution in [0.2, 0.25) is 0 Å². The Balaban J connectivity index is 1.58. The van der Waals surface area contributed by atoms with Crippen LogP contribution in [-0.2, 0) is 13.1 Å². The Hall–Kier alpha value is -2.54. The van der Waals surface area contributed by atoms with Crippen molar-refractivity contribution in [1.29, 1.82) is 0 Å². The molecule has 0 unspecified atom stereocenters. The van der Waals surface area contributed by atoms with E-state index in [1.807, 2.05) is 25.1 Å². The molecular formula is C16H18N6O. The van der Waals surface area contributed by atoms with Gasteiger partial charge in [-0.2, -0.15) is 0 Å². The molecule has 2 aromatic heterocycles. The second-order valence-electron chi connectivity index (χ2n) is 5.76. The molecule has 0 N–H and O–H groups in total. The fourth-order valence-electron chi connectivity index (χ4n) is 2.94. The maximum Gasteiger partial charge on any atom is 0.233 e. The lowest BCUT2D eigenvalue weighted by atomic mass is 10.2.